The van der Waals surface area contributed by atoms with Crippen molar-refractivity contribution in [2.24, 2.45) is 5.73 Å². The van der Waals surface area contributed by atoms with Gasteiger partial charge in [0.05, 0.1) is 0 Å². The van der Waals surface area contributed by atoms with Crippen molar-refractivity contribution in [1.29, 1.82) is 0 Å². The third kappa shape index (κ3) is 7.34. The van der Waals surface area contributed by atoms with Crippen LogP contribution < -0.4 is 5.73 Å². The topological polar surface area (TPSA) is 29.3 Å². The lowest BCUT2D eigenvalue weighted by atomic mass is 10.0. The highest BCUT2D eigenvalue weighted by Gasteiger charge is 2.09. The Balaban J connectivity index is 3.52. The van der Waals surface area contributed by atoms with Crippen LogP contribution in [0.1, 0.15) is 51.9 Å². The minimum atomic E-state index is 0.746. The third-order valence-electron chi connectivity index (χ3n) is 2.86. The summed E-state index contributed by atoms with van der Waals surface area (Å²) >= 11 is 0. The van der Waals surface area contributed by atoms with E-state index in [0.29, 0.717) is 0 Å². The van der Waals surface area contributed by atoms with Crippen LogP contribution in [0, 0.1) is 0 Å². The molecule has 2 nitrogen and oxygen atoms in total. The second kappa shape index (κ2) is 9.47. The van der Waals surface area contributed by atoms with Crippen LogP contribution in [0.25, 0.3) is 0 Å². The molecule has 0 aliphatic heterocycles. The lowest BCUT2D eigenvalue weighted by molar-refractivity contribution is 0.254. The summed E-state index contributed by atoms with van der Waals surface area (Å²) in [6.45, 7) is 3.09. The van der Waals surface area contributed by atoms with Crippen molar-refractivity contribution in [3.63, 3.8) is 0 Å². The molecule has 0 aliphatic carbocycles. The first-order chi connectivity index (χ1) is 6.72. The van der Waals surface area contributed by atoms with Gasteiger partial charge in [-0.2, -0.15) is 0 Å². The van der Waals surface area contributed by atoms with Crippen LogP contribution in [0.5, 0.6) is 0 Å². The number of hydrogen-bond donors (Lipinski definition) is 1. The molecule has 2 N–H and O–H groups in total. The van der Waals surface area contributed by atoms with Gasteiger partial charge in [-0.3, -0.25) is 0 Å². The van der Waals surface area contributed by atoms with Crippen molar-refractivity contribution >= 4 is 0 Å². The second-order valence-electron chi connectivity index (χ2n) is 4.40. The lowest BCUT2D eigenvalue weighted by Gasteiger charge is -2.24. The highest BCUT2D eigenvalue weighted by molar-refractivity contribution is 4.66. The van der Waals surface area contributed by atoms with Gasteiger partial charge in [0.15, 0.2) is 0 Å². The summed E-state index contributed by atoms with van der Waals surface area (Å²) in [5.74, 6) is 0. The molecule has 0 saturated carbocycles. The molecule has 1 unspecified atom stereocenters. The van der Waals surface area contributed by atoms with E-state index in [0.717, 1.165) is 19.0 Å². The van der Waals surface area contributed by atoms with E-state index in [-0.39, 0.29) is 0 Å². The van der Waals surface area contributed by atoms with Gasteiger partial charge >= 0.3 is 0 Å². The molecule has 86 valence electrons. The molecule has 0 aromatic heterocycles. The highest BCUT2D eigenvalue weighted by Crippen LogP contribution is 2.12. The minimum absolute atomic E-state index is 0.746. The fourth-order valence-electron chi connectivity index (χ4n) is 1.82. The number of hydrogen-bond acceptors (Lipinski definition) is 2. The molecular weight excluding hydrogens is 172 g/mol. The van der Waals surface area contributed by atoms with Crippen LogP contribution in [-0.2, 0) is 0 Å². The molecule has 0 aliphatic rings. The predicted molar refractivity (Wildman–Crippen MR) is 64.5 cm³/mol. The maximum atomic E-state index is 5.53. The molecule has 0 saturated heterocycles. The van der Waals surface area contributed by atoms with Gasteiger partial charge < -0.3 is 10.6 Å². The van der Waals surface area contributed by atoms with Gasteiger partial charge in [0.25, 0.3) is 0 Å². The molecule has 0 fully saturated rings. The largest absolute Gasteiger partial charge is 0.330 e. The Morgan fingerprint density at radius 1 is 1.00 bits per heavy atom. The molecule has 1 atom stereocenters. The van der Waals surface area contributed by atoms with E-state index in [1.54, 1.807) is 0 Å². The number of nitrogens with two attached hydrogens (primary N) is 1. The number of unbranched alkanes of at least 4 members (excludes halogenated alkanes) is 3. The van der Waals surface area contributed by atoms with E-state index in [4.69, 9.17) is 5.73 Å². The van der Waals surface area contributed by atoms with Gasteiger partial charge in [-0.05, 0) is 39.9 Å². The normalized spacial score (nSPS) is 13.5. The van der Waals surface area contributed by atoms with Crippen LogP contribution in [0.15, 0.2) is 0 Å². The summed E-state index contributed by atoms with van der Waals surface area (Å²) in [5.41, 5.74) is 5.53. The summed E-state index contributed by atoms with van der Waals surface area (Å²) in [6, 6.07) is 0.746. The van der Waals surface area contributed by atoms with Gasteiger partial charge in [-0.15, -0.1) is 0 Å². The molecule has 0 spiro atoms. The van der Waals surface area contributed by atoms with Crippen molar-refractivity contribution in [2.45, 2.75) is 57.9 Å². The molecule has 0 radical (unpaired) electrons. The van der Waals surface area contributed by atoms with Crippen molar-refractivity contribution in [1.82, 2.24) is 4.90 Å². The Morgan fingerprint density at radius 2 is 1.64 bits per heavy atom. The van der Waals surface area contributed by atoms with Crippen molar-refractivity contribution in [3.05, 3.63) is 0 Å². The Hall–Kier alpha value is -0.0800. The van der Waals surface area contributed by atoms with E-state index in [9.17, 15) is 0 Å². The van der Waals surface area contributed by atoms with E-state index in [1.807, 2.05) is 0 Å². The van der Waals surface area contributed by atoms with Gasteiger partial charge in [0.1, 0.15) is 0 Å². The Labute approximate surface area is 89.9 Å². The summed E-state index contributed by atoms with van der Waals surface area (Å²) in [4.78, 5) is 2.35. The Kier molecular flexibility index (Phi) is 9.42. The summed E-state index contributed by atoms with van der Waals surface area (Å²) in [6.07, 6.45) is 9.25. The van der Waals surface area contributed by atoms with Crippen molar-refractivity contribution in [3.8, 4) is 0 Å². The van der Waals surface area contributed by atoms with E-state index in [2.05, 4.69) is 25.9 Å². The molecule has 0 aromatic carbocycles. The Morgan fingerprint density at radius 3 is 2.14 bits per heavy atom. The second-order valence-corrected chi connectivity index (χ2v) is 4.40. The fourth-order valence-corrected chi connectivity index (χ4v) is 1.82. The number of nitrogens with zero attached hydrogens (tertiary/aromatic N) is 1. The van der Waals surface area contributed by atoms with Gasteiger partial charge in [0, 0.05) is 6.04 Å². The van der Waals surface area contributed by atoms with Gasteiger partial charge in [0.2, 0.25) is 0 Å². The standard InChI is InChI=1S/C12H28N2/c1-4-5-6-7-9-12(14(2)3)10-8-11-13/h12H,4-11,13H2,1-3H3. The fraction of sp³-hybridized carbons (Fsp3) is 1.00. The van der Waals surface area contributed by atoms with Crippen LogP contribution in [-0.4, -0.2) is 31.6 Å². The maximum Gasteiger partial charge on any atom is 0.00896 e. The highest BCUT2D eigenvalue weighted by atomic mass is 15.1. The zero-order valence-corrected chi connectivity index (χ0v) is 10.3. The molecule has 0 bridgehead atoms. The first-order valence-corrected chi connectivity index (χ1v) is 6.08. The van der Waals surface area contributed by atoms with Crippen molar-refractivity contribution in [2.75, 3.05) is 20.6 Å². The number of rotatable bonds is 9. The monoisotopic (exact) mass is 200 g/mol. The average molecular weight is 200 g/mol. The van der Waals surface area contributed by atoms with E-state index in [1.165, 1.54) is 38.5 Å². The molecule has 0 heterocycles. The molecule has 0 aromatic rings. The zero-order chi connectivity index (χ0) is 10.8. The van der Waals surface area contributed by atoms with Crippen molar-refractivity contribution < 1.29 is 0 Å². The first-order valence-electron chi connectivity index (χ1n) is 6.08. The van der Waals surface area contributed by atoms with Gasteiger partial charge in [-0.1, -0.05) is 32.6 Å². The summed E-state index contributed by atoms with van der Waals surface area (Å²) < 4.78 is 0. The van der Waals surface area contributed by atoms with Crippen LogP contribution >= 0.6 is 0 Å². The smallest absolute Gasteiger partial charge is 0.00896 e. The van der Waals surface area contributed by atoms with Crippen LogP contribution in [0.2, 0.25) is 0 Å². The SMILES string of the molecule is CCCCCCC(CCCN)N(C)C. The first kappa shape index (κ1) is 13.9. The minimum Gasteiger partial charge on any atom is -0.330 e. The quantitative estimate of drug-likeness (QED) is 0.580. The summed E-state index contributed by atoms with van der Waals surface area (Å²) in [5, 5.41) is 0. The van der Waals surface area contributed by atoms with E-state index >= 15 is 0 Å². The lowest BCUT2D eigenvalue weighted by Crippen LogP contribution is -2.28. The Bertz CT molecular complexity index is 113. The molecular formula is C12H28N2. The van der Waals surface area contributed by atoms with Crippen LogP contribution in [0.3, 0.4) is 0 Å². The third-order valence-corrected chi connectivity index (χ3v) is 2.86. The molecule has 0 rings (SSSR count). The van der Waals surface area contributed by atoms with Crippen LogP contribution in [0.4, 0.5) is 0 Å². The average Bonchev–Trinajstić information content (AvgIpc) is 2.16. The summed E-state index contributed by atoms with van der Waals surface area (Å²) in [7, 11) is 4.36. The molecule has 2 heteroatoms. The maximum absolute atomic E-state index is 5.53. The molecule has 0 amide bonds. The van der Waals surface area contributed by atoms with Gasteiger partial charge in [-0.25, -0.2) is 0 Å². The zero-order valence-electron chi connectivity index (χ0n) is 10.3. The predicted octanol–water partition coefficient (Wildman–Crippen LogP) is 2.63. The van der Waals surface area contributed by atoms with E-state index < -0.39 is 0 Å². The molecule has 14 heavy (non-hydrogen) atoms.